The minimum Gasteiger partial charge on any atom is -0.407 e. The highest BCUT2D eigenvalue weighted by molar-refractivity contribution is 7.92. The minimum absolute atomic E-state index is 0.129. The van der Waals surface area contributed by atoms with E-state index in [1.807, 2.05) is 0 Å². The normalized spacial score (nSPS) is 12.8. The van der Waals surface area contributed by atoms with Crippen molar-refractivity contribution in [1.82, 2.24) is 10.2 Å². The lowest BCUT2D eigenvalue weighted by molar-refractivity contribution is 0.517. The Morgan fingerprint density at radius 1 is 1.44 bits per heavy atom. The van der Waals surface area contributed by atoms with Crippen LogP contribution < -0.4 is 5.32 Å². The van der Waals surface area contributed by atoms with Crippen LogP contribution in [0.1, 0.15) is 19.7 Å². The Kier molecular flexibility index (Phi) is 3.80. The molecule has 0 fully saturated rings. The fraction of sp³-hybridized carbons (Fsp3) is 0.750. The van der Waals surface area contributed by atoms with E-state index in [9.17, 15) is 8.42 Å². The standard InChI is InChI=1S/C8H14ClN3O3S/c1-8(2,16(3,13)14)5-10-7-12-11-6(4-9)15-7/h4-5H2,1-3H3,(H,10,12). The molecule has 0 atom stereocenters. The van der Waals surface area contributed by atoms with Gasteiger partial charge in [0, 0.05) is 12.8 Å². The summed E-state index contributed by atoms with van der Waals surface area (Å²) in [4.78, 5) is 0. The lowest BCUT2D eigenvalue weighted by Gasteiger charge is -2.21. The van der Waals surface area contributed by atoms with Crippen LogP contribution in [0.2, 0.25) is 0 Å². The van der Waals surface area contributed by atoms with Crippen LogP contribution >= 0.6 is 11.6 Å². The Hall–Kier alpha value is -0.820. The van der Waals surface area contributed by atoms with Crippen molar-refractivity contribution in [3.8, 4) is 0 Å². The molecule has 0 bridgehead atoms. The third-order valence-corrected chi connectivity index (χ3v) is 4.63. The van der Waals surface area contributed by atoms with Crippen LogP contribution in [0.5, 0.6) is 0 Å². The summed E-state index contributed by atoms with van der Waals surface area (Å²) in [5.41, 5.74) is 0. The Morgan fingerprint density at radius 2 is 2.06 bits per heavy atom. The van der Waals surface area contributed by atoms with E-state index in [0.29, 0.717) is 5.89 Å². The fourth-order valence-electron chi connectivity index (χ4n) is 0.799. The first kappa shape index (κ1) is 13.2. The molecule has 1 rings (SSSR count). The highest BCUT2D eigenvalue weighted by Crippen LogP contribution is 2.16. The van der Waals surface area contributed by atoms with Gasteiger partial charge in [-0.3, -0.25) is 0 Å². The molecule has 1 N–H and O–H groups in total. The van der Waals surface area contributed by atoms with Gasteiger partial charge in [-0.05, 0) is 13.8 Å². The molecule has 0 aliphatic rings. The van der Waals surface area contributed by atoms with Gasteiger partial charge in [0.25, 0.3) is 0 Å². The van der Waals surface area contributed by atoms with Gasteiger partial charge in [-0.15, -0.1) is 16.7 Å². The van der Waals surface area contributed by atoms with Crippen molar-refractivity contribution in [2.24, 2.45) is 0 Å². The first-order chi connectivity index (χ1) is 7.26. The van der Waals surface area contributed by atoms with Gasteiger partial charge < -0.3 is 9.73 Å². The van der Waals surface area contributed by atoms with Gasteiger partial charge in [-0.1, -0.05) is 5.10 Å². The summed E-state index contributed by atoms with van der Waals surface area (Å²) in [5, 5.41) is 10.1. The van der Waals surface area contributed by atoms with Gasteiger partial charge in [-0.25, -0.2) is 8.42 Å². The van der Waals surface area contributed by atoms with E-state index in [-0.39, 0.29) is 18.4 Å². The average Bonchev–Trinajstić information content (AvgIpc) is 2.60. The number of hydrogen-bond donors (Lipinski definition) is 1. The molecule has 16 heavy (non-hydrogen) atoms. The summed E-state index contributed by atoms with van der Waals surface area (Å²) in [6.07, 6.45) is 1.19. The molecule has 6 nitrogen and oxygen atoms in total. The third kappa shape index (κ3) is 3.08. The summed E-state index contributed by atoms with van der Waals surface area (Å²) in [5.74, 6) is 0.422. The second kappa shape index (κ2) is 4.58. The highest BCUT2D eigenvalue weighted by Gasteiger charge is 2.30. The zero-order chi connectivity index (χ0) is 12.4. The van der Waals surface area contributed by atoms with E-state index >= 15 is 0 Å². The highest BCUT2D eigenvalue weighted by atomic mass is 35.5. The Bertz CT molecular complexity index is 455. The Balaban J connectivity index is 2.64. The van der Waals surface area contributed by atoms with Crippen molar-refractivity contribution in [1.29, 1.82) is 0 Å². The minimum atomic E-state index is -3.15. The molecule has 8 heteroatoms. The van der Waals surface area contributed by atoms with E-state index in [4.69, 9.17) is 16.0 Å². The lowest BCUT2D eigenvalue weighted by atomic mass is 10.2. The molecule has 0 unspecified atom stereocenters. The van der Waals surface area contributed by atoms with Crippen LogP contribution in [0.4, 0.5) is 6.01 Å². The lowest BCUT2D eigenvalue weighted by Crippen LogP contribution is -2.38. The second-order valence-electron chi connectivity index (χ2n) is 4.02. The molecule has 0 radical (unpaired) electrons. The molecule has 0 amide bonds. The summed E-state index contributed by atoms with van der Waals surface area (Å²) < 4.78 is 27.0. The van der Waals surface area contributed by atoms with E-state index in [1.165, 1.54) is 6.26 Å². The molecule has 0 spiro atoms. The van der Waals surface area contributed by atoms with Crippen molar-refractivity contribution in [3.63, 3.8) is 0 Å². The van der Waals surface area contributed by atoms with Gasteiger partial charge in [-0.2, -0.15) is 0 Å². The third-order valence-electron chi connectivity index (χ3n) is 2.25. The molecule has 1 aromatic heterocycles. The average molecular weight is 268 g/mol. The predicted molar refractivity (Wildman–Crippen MR) is 61.3 cm³/mol. The summed E-state index contributed by atoms with van der Waals surface area (Å²) in [7, 11) is -3.15. The van der Waals surface area contributed by atoms with E-state index in [1.54, 1.807) is 13.8 Å². The number of hydrogen-bond acceptors (Lipinski definition) is 6. The Labute approximate surface area is 99.3 Å². The summed E-state index contributed by atoms with van der Waals surface area (Å²) in [6, 6.07) is 0.173. The summed E-state index contributed by atoms with van der Waals surface area (Å²) >= 11 is 5.48. The van der Waals surface area contributed by atoms with Crippen LogP contribution in [0, 0.1) is 0 Å². The van der Waals surface area contributed by atoms with Gasteiger partial charge in [0.1, 0.15) is 5.88 Å². The van der Waals surface area contributed by atoms with Crippen molar-refractivity contribution in [2.75, 3.05) is 18.1 Å². The number of aromatic nitrogens is 2. The first-order valence-electron chi connectivity index (χ1n) is 4.58. The SMILES string of the molecule is CC(C)(CNc1nnc(CCl)o1)S(C)(=O)=O. The number of nitrogens with zero attached hydrogens (tertiary/aromatic N) is 2. The van der Waals surface area contributed by atoms with Crippen LogP contribution in [0.3, 0.4) is 0 Å². The van der Waals surface area contributed by atoms with Crippen LogP contribution in [-0.2, 0) is 15.7 Å². The fourth-order valence-corrected chi connectivity index (χ4v) is 1.24. The van der Waals surface area contributed by atoms with Crippen LogP contribution in [-0.4, -0.2) is 36.2 Å². The molecule has 92 valence electrons. The molecule has 0 aliphatic carbocycles. The summed E-state index contributed by atoms with van der Waals surface area (Å²) in [6.45, 7) is 3.43. The molecule has 0 aliphatic heterocycles. The maximum absolute atomic E-state index is 11.4. The van der Waals surface area contributed by atoms with Crippen molar-refractivity contribution >= 4 is 27.5 Å². The van der Waals surface area contributed by atoms with Gasteiger partial charge in [0.15, 0.2) is 9.84 Å². The van der Waals surface area contributed by atoms with Gasteiger partial charge in [0.05, 0.1) is 4.75 Å². The second-order valence-corrected chi connectivity index (χ2v) is 6.94. The maximum Gasteiger partial charge on any atom is 0.315 e. The molecule has 1 heterocycles. The number of anilines is 1. The van der Waals surface area contributed by atoms with Crippen molar-refractivity contribution in [2.45, 2.75) is 24.5 Å². The topological polar surface area (TPSA) is 85.1 Å². The number of alkyl halides is 1. The molecular weight excluding hydrogens is 254 g/mol. The van der Waals surface area contributed by atoms with E-state index in [2.05, 4.69) is 15.5 Å². The number of rotatable bonds is 5. The van der Waals surface area contributed by atoms with Gasteiger partial charge >= 0.3 is 6.01 Å². The van der Waals surface area contributed by atoms with Crippen molar-refractivity contribution in [3.05, 3.63) is 5.89 Å². The Morgan fingerprint density at radius 3 is 2.50 bits per heavy atom. The molecule has 0 saturated carbocycles. The van der Waals surface area contributed by atoms with E-state index < -0.39 is 14.6 Å². The predicted octanol–water partition coefficient (Wildman–Crippen LogP) is 1.04. The molecule has 1 aromatic rings. The smallest absolute Gasteiger partial charge is 0.315 e. The number of sulfone groups is 1. The molecule has 0 aromatic carbocycles. The molecule has 0 saturated heterocycles. The quantitative estimate of drug-likeness (QED) is 0.803. The van der Waals surface area contributed by atoms with E-state index in [0.717, 1.165) is 0 Å². The number of nitrogens with one attached hydrogen (secondary N) is 1. The van der Waals surface area contributed by atoms with Crippen molar-refractivity contribution < 1.29 is 12.8 Å². The van der Waals surface area contributed by atoms with Gasteiger partial charge in [0.2, 0.25) is 5.89 Å². The zero-order valence-corrected chi connectivity index (χ0v) is 10.9. The molecular formula is C8H14ClN3O3S. The first-order valence-corrected chi connectivity index (χ1v) is 7.01. The zero-order valence-electron chi connectivity index (χ0n) is 9.32. The largest absolute Gasteiger partial charge is 0.407 e. The maximum atomic E-state index is 11.4. The number of halogens is 1. The monoisotopic (exact) mass is 267 g/mol. The van der Waals surface area contributed by atoms with Crippen LogP contribution in [0.15, 0.2) is 4.42 Å². The van der Waals surface area contributed by atoms with Crippen LogP contribution in [0.25, 0.3) is 0 Å².